The molecule has 0 saturated carbocycles. The molecular weight excluding hydrogens is 309 g/mol. The number of rotatable bonds is 3. The maximum atomic E-state index is 12.2. The fourth-order valence-corrected chi connectivity index (χ4v) is 3.17. The number of aromatic nitrogens is 2. The minimum atomic E-state index is -3.81. The van der Waals surface area contributed by atoms with Crippen molar-refractivity contribution in [2.24, 2.45) is 0 Å². The summed E-state index contributed by atoms with van der Waals surface area (Å²) in [6.07, 6.45) is 1.41. The van der Waals surface area contributed by atoms with Crippen molar-refractivity contribution >= 4 is 38.9 Å². The van der Waals surface area contributed by atoms with Gasteiger partial charge in [-0.3, -0.25) is 4.72 Å². The monoisotopic (exact) mass is 317 g/mol. The molecule has 0 atom stereocenters. The number of hydrogen-bond acceptors (Lipinski definition) is 4. The number of sulfonamides is 1. The Kier molecular flexibility index (Phi) is 3.93. The van der Waals surface area contributed by atoms with E-state index < -0.39 is 10.0 Å². The van der Waals surface area contributed by atoms with Crippen LogP contribution in [0.3, 0.4) is 0 Å². The smallest absolute Gasteiger partial charge is 0.265 e. The van der Waals surface area contributed by atoms with Gasteiger partial charge in [-0.2, -0.15) is 0 Å². The van der Waals surface area contributed by atoms with Crippen molar-refractivity contribution < 1.29 is 8.42 Å². The lowest BCUT2D eigenvalue weighted by Crippen LogP contribution is -2.15. The average Bonchev–Trinajstić information content (AvgIpc) is 2.33. The molecule has 100 valence electrons. The van der Waals surface area contributed by atoms with Crippen molar-refractivity contribution in [3.05, 3.63) is 46.5 Å². The Balaban J connectivity index is 2.40. The molecule has 1 N–H and O–H groups in total. The number of hydrogen-bond donors (Lipinski definition) is 1. The van der Waals surface area contributed by atoms with Gasteiger partial charge >= 0.3 is 0 Å². The molecule has 8 heteroatoms. The Hall–Kier alpha value is -1.37. The third kappa shape index (κ3) is 3.15. The highest BCUT2D eigenvalue weighted by Crippen LogP contribution is 2.23. The number of aryl methyl sites for hydroxylation is 1. The molecular formula is C11H9Cl2N3O2S. The summed E-state index contributed by atoms with van der Waals surface area (Å²) in [6.45, 7) is 1.65. The third-order valence-corrected chi connectivity index (χ3v) is 4.33. The standard InChI is InChI=1S/C11H9Cl2N3O2S/c1-7-8(4-5-10(12)15-7)16-19(17,18)9-3-2-6-14-11(9)13/h2-6,16H,1H3. The van der Waals surface area contributed by atoms with Crippen molar-refractivity contribution in [2.45, 2.75) is 11.8 Å². The Morgan fingerprint density at radius 3 is 2.58 bits per heavy atom. The van der Waals surface area contributed by atoms with Gasteiger partial charge in [0.25, 0.3) is 10.0 Å². The molecule has 0 radical (unpaired) electrons. The topological polar surface area (TPSA) is 72.0 Å². The zero-order chi connectivity index (χ0) is 14.0. The van der Waals surface area contributed by atoms with Gasteiger partial charge in [0.05, 0.1) is 11.4 Å². The van der Waals surface area contributed by atoms with Crippen LogP contribution in [-0.2, 0) is 10.0 Å². The maximum Gasteiger partial charge on any atom is 0.265 e. The fourth-order valence-electron chi connectivity index (χ4n) is 1.41. The van der Waals surface area contributed by atoms with Gasteiger partial charge in [-0.25, -0.2) is 18.4 Å². The first-order valence-electron chi connectivity index (χ1n) is 5.16. The molecule has 0 amide bonds. The van der Waals surface area contributed by atoms with Gasteiger partial charge in [-0.1, -0.05) is 23.2 Å². The zero-order valence-electron chi connectivity index (χ0n) is 9.76. The largest absolute Gasteiger partial charge is 0.278 e. The van der Waals surface area contributed by atoms with Gasteiger partial charge in [0.15, 0.2) is 0 Å². The van der Waals surface area contributed by atoms with E-state index in [0.717, 1.165) is 0 Å². The molecule has 0 aromatic carbocycles. The van der Waals surface area contributed by atoms with Gasteiger partial charge in [-0.15, -0.1) is 0 Å². The van der Waals surface area contributed by atoms with Crippen LogP contribution in [-0.4, -0.2) is 18.4 Å². The highest BCUT2D eigenvalue weighted by Gasteiger charge is 2.19. The Labute approximate surface area is 120 Å². The molecule has 0 aliphatic heterocycles. The van der Waals surface area contributed by atoms with Crippen LogP contribution >= 0.6 is 23.2 Å². The number of anilines is 1. The molecule has 2 aromatic heterocycles. The normalized spacial score (nSPS) is 11.3. The lowest BCUT2D eigenvalue weighted by atomic mass is 10.3. The SMILES string of the molecule is Cc1nc(Cl)ccc1NS(=O)(=O)c1cccnc1Cl. The Morgan fingerprint density at radius 2 is 1.95 bits per heavy atom. The predicted octanol–water partition coefficient (Wildman–Crippen LogP) is 2.89. The van der Waals surface area contributed by atoms with Crippen LogP contribution in [0.15, 0.2) is 35.4 Å². The second-order valence-electron chi connectivity index (χ2n) is 3.66. The molecule has 2 aromatic rings. The van der Waals surface area contributed by atoms with E-state index in [1.165, 1.54) is 30.5 Å². The first-order valence-corrected chi connectivity index (χ1v) is 7.40. The second-order valence-corrected chi connectivity index (χ2v) is 6.06. The van der Waals surface area contributed by atoms with E-state index in [4.69, 9.17) is 23.2 Å². The number of nitrogens with zero attached hydrogens (tertiary/aromatic N) is 2. The van der Waals surface area contributed by atoms with Crippen molar-refractivity contribution in [1.29, 1.82) is 0 Å². The van der Waals surface area contributed by atoms with Crippen LogP contribution in [0.5, 0.6) is 0 Å². The van der Waals surface area contributed by atoms with Gasteiger partial charge in [0.2, 0.25) is 0 Å². The summed E-state index contributed by atoms with van der Waals surface area (Å²) >= 11 is 11.5. The fraction of sp³-hybridized carbons (Fsp3) is 0.0909. The van der Waals surface area contributed by atoms with Crippen LogP contribution in [0.1, 0.15) is 5.69 Å². The summed E-state index contributed by atoms with van der Waals surface area (Å²) in [5.74, 6) is 0. The second kappa shape index (κ2) is 5.32. The predicted molar refractivity (Wildman–Crippen MR) is 74.0 cm³/mol. The van der Waals surface area contributed by atoms with E-state index in [2.05, 4.69) is 14.7 Å². The number of halogens is 2. The molecule has 2 heterocycles. The summed E-state index contributed by atoms with van der Waals surface area (Å²) < 4.78 is 26.7. The third-order valence-electron chi connectivity index (χ3n) is 2.31. The molecule has 19 heavy (non-hydrogen) atoms. The van der Waals surface area contributed by atoms with Crippen molar-refractivity contribution in [2.75, 3.05) is 4.72 Å². The molecule has 0 aliphatic carbocycles. The molecule has 0 fully saturated rings. The average molecular weight is 318 g/mol. The van der Waals surface area contributed by atoms with E-state index in [1.807, 2.05) is 0 Å². The Morgan fingerprint density at radius 1 is 1.21 bits per heavy atom. The van der Waals surface area contributed by atoms with Gasteiger partial charge in [0.1, 0.15) is 15.2 Å². The molecule has 5 nitrogen and oxygen atoms in total. The zero-order valence-corrected chi connectivity index (χ0v) is 12.1. The van der Waals surface area contributed by atoms with E-state index in [1.54, 1.807) is 6.92 Å². The molecule has 2 rings (SSSR count). The first kappa shape index (κ1) is 14.0. The summed E-state index contributed by atoms with van der Waals surface area (Å²) in [7, 11) is -3.81. The van der Waals surface area contributed by atoms with E-state index in [9.17, 15) is 8.42 Å². The first-order chi connectivity index (χ1) is 8.90. The highest BCUT2D eigenvalue weighted by molar-refractivity contribution is 7.92. The molecule has 0 bridgehead atoms. The molecule has 0 aliphatic rings. The quantitative estimate of drug-likeness (QED) is 0.883. The molecule has 0 unspecified atom stereocenters. The van der Waals surface area contributed by atoms with Gasteiger partial charge < -0.3 is 0 Å². The summed E-state index contributed by atoms with van der Waals surface area (Å²) in [5, 5.41) is 0.203. The van der Waals surface area contributed by atoms with Gasteiger partial charge in [0, 0.05) is 6.20 Å². The number of pyridine rings is 2. The van der Waals surface area contributed by atoms with E-state index in [-0.39, 0.29) is 10.0 Å². The van der Waals surface area contributed by atoms with Crippen LogP contribution in [0.25, 0.3) is 0 Å². The molecule has 0 spiro atoms. The van der Waals surface area contributed by atoms with Crippen LogP contribution < -0.4 is 4.72 Å². The van der Waals surface area contributed by atoms with E-state index >= 15 is 0 Å². The number of nitrogens with one attached hydrogen (secondary N) is 1. The van der Waals surface area contributed by atoms with Gasteiger partial charge in [-0.05, 0) is 31.2 Å². The minimum Gasteiger partial charge on any atom is -0.278 e. The Bertz CT molecular complexity index is 720. The van der Waals surface area contributed by atoms with Crippen LogP contribution in [0.2, 0.25) is 10.3 Å². The molecule has 0 saturated heterocycles. The van der Waals surface area contributed by atoms with Crippen LogP contribution in [0.4, 0.5) is 5.69 Å². The van der Waals surface area contributed by atoms with Crippen LogP contribution in [0, 0.1) is 6.92 Å². The van der Waals surface area contributed by atoms with Crippen molar-refractivity contribution in [3.8, 4) is 0 Å². The lowest BCUT2D eigenvalue weighted by molar-refractivity contribution is 0.601. The van der Waals surface area contributed by atoms with Crippen molar-refractivity contribution in [3.63, 3.8) is 0 Å². The summed E-state index contributed by atoms with van der Waals surface area (Å²) in [4.78, 5) is 7.61. The maximum absolute atomic E-state index is 12.2. The minimum absolute atomic E-state index is 0.0884. The summed E-state index contributed by atoms with van der Waals surface area (Å²) in [5.41, 5.74) is 0.806. The highest BCUT2D eigenvalue weighted by atomic mass is 35.5. The van der Waals surface area contributed by atoms with Crippen molar-refractivity contribution in [1.82, 2.24) is 9.97 Å². The lowest BCUT2D eigenvalue weighted by Gasteiger charge is -2.10. The summed E-state index contributed by atoms with van der Waals surface area (Å²) in [6, 6.07) is 5.90. The van der Waals surface area contributed by atoms with E-state index in [0.29, 0.717) is 16.5 Å².